The minimum atomic E-state index is -0.767. The van der Waals surface area contributed by atoms with Gasteiger partial charge in [-0.1, -0.05) is 18.2 Å². The number of hydrogen-bond acceptors (Lipinski definition) is 4. The minimum Gasteiger partial charge on any atom is -0.454 e. The predicted octanol–water partition coefficient (Wildman–Crippen LogP) is 1.88. The number of carbonyl (C=O) groups is 2. The van der Waals surface area contributed by atoms with Crippen LogP contribution in [0.15, 0.2) is 30.9 Å². The molecule has 1 unspecified atom stereocenters. The Bertz CT molecular complexity index is 545. The Hall–Kier alpha value is -2.21. The summed E-state index contributed by atoms with van der Waals surface area (Å²) in [6.07, 6.45) is 0.744. The van der Waals surface area contributed by atoms with Crippen LogP contribution in [0.5, 0.6) is 0 Å². The highest BCUT2D eigenvalue weighted by Gasteiger charge is 2.15. The maximum Gasteiger partial charge on any atom is 0.335 e. The lowest BCUT2D eigenvalue weighted by atomic mass is 10.1. The molecule has 0 aliphatic carbocycles. The lowest BCUT2D eigenvalue weighted by Crippen LogP contribution is -2.31. The molecule has 1 atom stereocenters. The predicted molar refractivity (Wildman–Crippen MR) is 79.6 cm³/mol. The first-order valence-electron chi connectivity index (χ1n) is 6.85. The Kier molecular flexibility index (Phi) is 7.25. The molecule has 0 heterocycles. The number of benzene rings is 1. The van der Waals surface area contributed by atoms with E-state index < -0.39 is 24.6 Å². The molecule has 0 radical (unpaired) electrons. The van der Waals surface area contributed by atoms with E-state index in [0.29, 0.717) is 11.1 Å². The summed E-state index contributed by atoms with van der Waals surface area (Å²) >= 11 is 0. The third-order valence-electron chi connectivity index (χ3n) is 2.87. The van der Waals surface area contributed by atoms with E-state index in [0.717, 1.165) is 0 Å². The zero-order chi connectivity index (χ0) is 16.5. The van der Waals surface area contributed by atoms with Gasteiger partial charge in [-0.3, -0.25) is 4.79 Å². The van der Waals surface area contributed by atoms with Gasteiger partial charge in [0.15, 0.2) is 12.7 Å². The zero-order valence-corrected chi connectivity index (χ0v) is 12.7. The Labute approximate surface area is 129 Å². The first-order valence-corrected chi connectivity index (χ1v) is 6.85. The van der Waals surface area contributed by atoms with Gasteiger partial charge in [0.1, 0.15) is 5.82 Å². The molecule has 0 fully saturated rings. The standard InChI is InChI=1S/C16H20FNO4/c1-4-7-21-12(3)16(20)22-10-15(19)18-9-13-6-5-11(2)14(17)8-13/h4-6,8,12H,1,7,9-10H2,2-3H3,(H,18,19). The van der Waals surface area contributed by atoms with Crippen LogP contribution in [-0.4, -0.2) is 31.2 Å². The first kappa shape index (κ1) is 17.8. The van der Waals surface area contributed by atoms with Gasteiger partial charge in [0.05, 0.1) is 6.61 Å². The van der Waals surface area contributed by atoms with Crippen LogP contribution in [0.25, 0.3) is 0 Å². The summed E-state index contributed by atoms with van der Waals surface area (Å²) in [6, 6.07) is 4.71. The molecule has 0 bridgehead atoms. The van der Waals surface area contributed by atoms with Crippen LogP contribution in [0, 0.1) is 12.7 Å². The van der Waals surface area contributed by atoms with Gasteiger partial charge in [0.25, 0.3) is 5.91 Å². The normalized spacial score (nSPS) is 11.6. The van der Waals surface area contributed by atoms with Crippen molar-refractivity contribution in [2.24, 2.45) is 0 Å². The van der Waals surface area contributed by atoms with Gasteiger partial charge in [-0.2, -0.15) is 0 Å². The monoisotopic (exact) mass is 309 g/mol. The topological polar surface area (TPSA) is 64.6 Å². The first-order chi connectivity index (χ1) is 10.4. The van der Waals surface area contributed by atoms with Crippen molar-refractivity contribution in [3.63, 3.8) is 0 Å². The third-order valence-corrected chi connectivity index (χ3v) is 2.87. The van der Waals surface area contributed by atoms with E-state index in [4.69, 9.17) is 9.47 Å². The van der Waals surface area contributed by atoms with Crippen molar-refractivity contribution in [1.29, 1.82) is 0 Å². The zero-order valence-electron chi connectivity index (χ0n) is 12.7. The highest BCUT2D eigenvalue weighted by Crippen LogP contribution is 2.08. The number of rotatable bonds is 8. The van der Waals surface area contributed by atoms with Gasteiger partial charge in [0.2, 0.25) is 0 Å². The van der Waals surface area contributed by atoms with Crippen molar-refractivity contribution < 1.29 is 23.5 Å². The van der Waals surface area contributed by atoms with Crippen LogP contribution in [0.4, 0.5) is 4.39 Å². The van der Waals surface area contributed by atoms with Crippen LogP contribution in [0.2, 0.25) is 0 Å². The Balaban J connectivity index is 2.32. The van der Waals surface area contributed by atoms with Gasteiger partial charge < -0.3 is 14.8 Å². The lowest BCUT2D eigenvalue weighted by Gasteiger charge is -2.11. The van der Waals surface area contributed by atoms with Gasteiger partial charge >= 0.3 is 5.97 Å². The molecule has 5 nitrogen and oxygen atoms in total. The highest BCUT2D eigenvalue weighted by atomic mass is 19.1. The summed E-state index contributed by atoms with van der Waals surface area (Å²) in [5.41, 5.74) is 1.17. The molecule has 0 saturated carbocycles. The SMILES string of the molecule is C=CCOC(C)C(=O)OCC(=O)NCc1ccc(C)c(F)c1. The largest absolute Gasteiger partial charge is 0.454 e. The molecule has 0 aromatic heterocycles. The van der Waals surface area contributed by atoms with Gasteiger partial charge in [0, 0.05) is 6.54 Å². The molecule has 1 aromatic rings. The van der Waals surface area contributed by atoms with Gasteiger partial charge in [-0.15, -0.1) is 6.58 Å². The molecule has 22 heavy (non-hydrogen) atoms. The number of aryl methyl sites for hydroxylation is 1. The maximum atomic E-state index is 13.3. The lowest BCUT2D eigenvalue weighted by molar-refractivity contribution is -0.158. The molecule has 120 valence electrons. The number of ether oxygens (including phenoxy) is 2. The fraction of sp³-hybridized carbons (Fsp3) is 0.375. The second kappa shape index (κ2) is 8.94. The van der Waals surface area contributed by atoms with E-state index in [1.807, 2.05) is 0 Å². The molecule has 1 N–H and O–H groups in total. The molecular weight excluding hydrogens is 289 g/mol. The second-order valence-corrected chi connectivity index (χ2v) is 4.73. The summed E-state index contributed by atoms with van der Waals surface area (Å²) in [4.78, 5) is 23.1. The summed E-state index contributed by atoms with van der Waals surface area (Å²) in [6.45, 7) is 6.63. The van der Waals surface area contributed by atoms with Gasteiger partial charge in [-0.25, -0.2) is 9.18 Å². The van der Waals surface area contributed by atoms with Crippen LogP contribution in [-0.2, 0) is 25.6 Å². The van der Waals surface area contributed by atoms with Crippen molar-refractivity contribution in [2.75, 3.05) is 13.2 Å². The average molecular weight is 309 g/mol. The Morgan fingerprint density at radius 3 is 2.82 bits per heavy atom. The second-order valence-electron chi connectivity index (χ2n) is 4.73. The van der Waals surface area contributed by atoms with Crippen molar-refractivity contribution >= 4 is 11.9 Å². The number of esters is 1. The smallest absolute Gasteiger partial charge is 0.335 e. The summed E-state index contributed by atoms with van der Waals surface area (Å²) in [7, 11) is 0. The van der Waals surface area contributed by atoms with Crippen molar-refractivity contribution in [3.05, 3.63) is 47.8 Å². The molecule has 0 aliphatic rings. The third kappa shape index (κ3) is 6.05. The number of nitrogens with one attached hydrogen (secondary N) is 1. The van der Waals surface area contributed by atoms with E-state index in [1.165, 1.54) is 19.1 Å². The average Bonchev–Trinajstić information content (AvgIpc) is 2.51. The number of halogens is 1. The molecule has 0 aliphatic heterocycles. The van der Waals surface area contributed by atoms with Crippen molar-refractivity contribution in [2.45, 2.75) is 26.5 Å². The molecular formula is C16H20FNO4. The number of hydrogen-bond donors (Lipinski definition) is 1. The summed E-state index contributed by atoms with van der Waals surface area (Å²) in [5, 5.41) is 2.54. The van der Waals surface area contributed by atoms with Crippen LogP contribution < -0.4 is 5.32 Å². The molecule has 0 saturated heterocycles. The van der Waals surface area contributed by atoms with E-state index in [2.05, 4.69) is 11.9 Å². The van der Waals surface area contributed by atoms with Gasteiger partial charge in [-0.05, 0) is 31.0 Å². The van der Waals surface area contributed by atoms with Crippen LogP contribution in [0.3, 0.4) is 0 Å². The van der Waals surface area contributed by atoms with E-state index in [1.54, 1.807) is 19.1 Å². The molecule has 1 amide bonds. The maximum absolute atomic E-state index is 13.3. The summed E-state index contributed by atoms with van der Waals surface area (Å²) in [5.74, 6) is -1.42. The molecule has 1 rings (SSSR count). The number of amides is 1. The van der Waals surface area contributed by atoms with E-state index >= 15 is 0 Å². The molecule has 6 heteroatoms. The minimum absolute atomic E-state index is 0.163. The van der Waals surface area contributed by atoms with E-state index in [-0.39, 0.29) is 19.0 Å². The van der Waals surface area contributed by atoms with Crippen LogP contribution in [0.1, 0.15) is 18.1 Å². The molecule has 1 aromatic carbocycles. The van der Waals surface area contributed by atoms with Crippen LogP contribution >= 0.6 is 0 Å². The summed E-state index contributed by atoms with van der Waals surface area (Å²) < 4.78 is 23.2. The van der Waals surface area contributed by atoms with E-state index in [9.17, 15) is 14.0 Å². The van der Waals surface area contributed by atoms with Crippen molar-refractivity contribution in [1.82, 2.24) is 5.32 Å². The molecule has 0 spiro atoms. The van der Waals surface area contributed by atoms with Crippen molar-refractivity contribution in [3.8, 4) is 0 Å². The fourth-order valence-electron chi connectivity index (χ4n) is 1.53. The Morgan fingerprint density at radius 1 is 1.45 bits per heavy atom. The number of carbonyl (C=O) groups excluding carboxylic acids is 2. The Morgan fingerprint density at radius 2 is 2.18 bits per heavy atom. The fourth-order valence-corrected chi connectivity index (χ4v) is 1.53. The highest BCUT2D eigenvalue weighted by molar-refractivity contribution is 5.81. The quantitative estimate of drug-likeness (QED) is 0.588.